The molecular formula is C9H16O. The average Bonchev–Trinajstić information content (AvgIpc) is 2.60. The fraction of sp³-hybridized carbons (Fsp3) is 1.00. The van der Waals surface area contributed by atoms with Crippen molar-refractivity contribution in [3.05, 3.63) is 0 Å². The summed E-state index contributed by atoms with van der Waals surface area (Å²) in [6.45, 7) is 2.66. The van der Waals surface area contributed by atoms with Gasteiger partial charge in [0.2, 0.25) is 0 Å². The molecule has 0 aromatic rings. The van der Waals surface area contributed by atoms with Gasteiger partial charge in [-0.25, -0.2) is 0 Å². The molecule has 0 bridgehead atoms. The van der Waals surface area contributed by atoms with E-state index in [0.717, 1.165) is 11.8 Å². The Balaban J connectivity index is 2.04. The quantitative estimate of drug-likeness (QED) is 0.589. The molecule has 0 spiro atoms. The molecular weight excluding hydrogens is 124 g/mol. The third-order valence-electron chi connectivity index (χ3n) is 3.69. The van der Waals surface area contributed by atoms with Gasteiger partial charge in [-0.1, -0.05) is 19.8 Å². The Hall–Kier alpha value is -0.0400. The molecule has 1 N–H and O–H groups in total. The highest BCUT2D eigenvalue weighted by Crippen LogP contribution is 2.64. The number of hydrogen-bond acceptors (Lipinski definition) is 1. The van der Waals surface area contributed by atoms with Crippen molar-refractivity contribution in [2.75, 3.05) is 6.61 Å². The number of hydrogen-bond donors (Lipinski definition) is 1. The molecule has 1 heteroatoms. The van der Waals surface area contributed by atoms with Crippen LogP contribution in [0.3, 0.4) is 0 Å². The molecule has 0 aromatic carbocycles. The normalized spacial score (nSPS) is 52.2. The van der Waals surface area contributed by atoms with Gasteiger partial charge in [0.1, 0.15) is 0 Å². The first kappa shape index (κ1) is 6.66. The van der Waals surface area contributed by atoms with Crippen LogP contribution in [0.4, 0.5) is 0 Å². The molecule has 2 aliphatic rings. The van der Waals surface area contributed by atoms with E-state index in [1.165, 1.54) is 25.7 Å². The van der Waals surface area contributed by atoms with Crippen LogP contribution in [-0.4, -0.2) is 11.7 Å². The summed E-state index contributed by atoms with van der Waals surface area (Å²) in [4.78, 5) is 0. The highest BCUT2D eigenvalue weighted by Gasteiger charge is 2.60. The first-order valence-corrected chi connectivity index (χ1v) is 4.40. The van der Waals surface area contributed by atoms with Crippen LogP contribution >= 0.6 is 0 Å². The van der Waals surface area contributed by atoms with Gasteiger partial charge < -0.3 is 5.11 Å². The maximum absolute atomic E-state index is 9.10. The number of aliphatic hydroxyl groups excluding tert-OH is 1. The molecule has 0 amide bonds. The van der Waals surface area contributed by atoms with E-state index in [1.54, 1.807) is 0 Å². The van der Waals surface area contributed by atoms with Crippen LogP contribution in [0.2, 0.25) is 0 Å². The van der Waals surface area contributed by atoms with E-state index in [9.17, 15) is 0 Å². The second kappa shape index (κ2) is 1.97. The van der Waals surface area contributed by atoms with Gasteiger partial charge >= 0.3 is 0 Å². The second-order valence-corrected chi connectivity index (χ2v) is 4.16. The minimum absolute atomic E-state index is 0.344. The Kier molecular flexibility index (Phi) is 1.31. The molecule has 1 nitrogen and oxygen atoms in total. The van der Waals surface area contributed by atoms with E-state index in [0.29, 0.717) is 12.0 Å². The lowest BCUT2D eigenvalue weighted by molar-refractivity contribution is 0.203. The molecule has 2 saturated carbocycles. The van der Waals surface area contributed by atoms with Crippen molar-refractivity contribution in [1.29, 1.82) is 0 Å². The SMILES string of the molecule is CC1(CO)C2CCCCC21. The third kappa shape index (κ3) is 0.672. The van der Waals surface area contributed by atoms with Gasteiger partial charge in [0.25, 0.3) is 0 Å². The van der Waals surface area contributed by atoms with Crippen molar-refractivity contribution < 1.29 is 5.11 Å². The zero-order chi connectivity index (χ0) is 7.19. The van der Waals surface area contributed by atoms with Gasteiger partial charge in [0.15, 0.2) is 0 Å². The summed E-state index contributed by atoms with van der Waals surface area (Å²) >= 11 is 0. The molecule has 0 aliphatic heterocycles. The van der Waals surface area contributed by atoms with E-state index in [-0.39, 0.29) is 0 Å². The summed E-state index contributed by atoms with van der Waals surface area (Å²) in [7, 11) is 0. The Morgan fingerprint density at radius 3 is 2.20 bits per heavy atom. The maximum Gasteiger partial charge on any atom is 0.0490 e. The van der Waals surface area contributed by atoms with E-state index in [1.807, 2.05) is 0 Å². The molecule has 0 heterocycles. The first-order valence-electron chi connectivity index (χ1n) is 4.40. The Morgan fingerprint density at radius 1 is 1.30 bits per heavy atom. The van der Waals surface area contributed by atoms with E-state index >= 15 is 0 Å². The van der Waals surface area contributed by atoms with Gasteiger partial charge in [-0.2, -0.15) is 0 Å². The summed E-state index contributed by atoms with van der Waals surface area (Å²) in [6, 6.07) is 0. The monoisotopic (exact) mass is 140 g/mol. The Morgan fingerprint density at radius 2 is 1.80 bits per heavy atom. The molecule has 0 saturated heterocycles. The van der Waals surface area contributed by atoms with Gasteiger partial charge in [-0.05, 0) is 30.1 Å². The topological polar surface area (TPSA) is 20.2 Å². The van der Waals surface area contributed by atoms with Crippen LogP contribution in [0.25, 0.3) is 0 Å². The van der Waals surface area contributed by atoms with Crippen LogP contribution in [0.5, 0.6) is 0 Å². The summed E-state index contributed by atoms with van der Waals surface area (Å²) in [6.07, 6.45) is 5.55. The summed E-state index contributed by atoms with van der Waals surface area (Å²) in [5.74, 6) is 1.76. The van der Waals surface area contributed by atoms with Gasteiger partial charge in [0, 0.05) is 6.61 Å². The summed E-state index contributed by atoms with van der Waals surface area (Å²) in [5.41, 5.74) is 0.344. The minimum atomic E-state index is 0.344. The van der Waals surface area contributed by atoms with Crippen LogP contribution in [0, 0.1) is 17.3 Å². The molecule has 2 unspecified atom stereocenters. The molecule has 0 aromatic heterocycles. The lowest BCUT2D eigenvalue weighted by Crippen LogP contribution is -2.04. The highest BCUT2D eigenvalue weighted by atomic mass is 16.3. The van der Waals surface area contributed by atoms with Crippen LogP contribution in [-0.2, 0) is 0 Å². The van der Waals surface area contributed by atoms with Crippen LogP contribution < -0.4 is 0 Å². The predicted molar refractivity (Wildman–Crippen MR) is 40.6 cm³/mol. The lowest BCUT2D eigenvalue weighted by Gasteiger charge is -2.04. The molecule has 58 valence electrons. The zero-order valence-electron chi connectivity index (χ0n) is 6.64. The van der Waals surface area contributed by atoms with Crippen LogP contribution in [0.15, 0.2) is 0 Å². The van der Waals surface area contributed by atoms with Gasteiger partial charge in [-0.3, -0.25) is 0 Å². The van der Waals surface area contributed by atoms with Crippen molar-refractivity contribution in [1.82, 2.24) is 0 Å². The fourth-order valence-electron chi connectivity index (χ4n) is 2.79. The van der Waals surface area contributed by atoms with Gasteiger partial charge in [-0.15, -0.1) is 0 Å². The summed E-state index contributed by atoms with van der Waals surface area (Å²) in [5, 5.41) is 9.10. The van der Waals surface area contributed by atoms with Crippen molar-refractivity contribution >= 4 is 0 Å². The lowest BCUT2D eigenvalue weighted by atomic mass is 10.0. The van der Waals surface area contributed by atoms with Crippen molar-refractivity contribution in [2.24, 2.45) is 17.3 Å². The van der Waals surface area contributed by atoms with Crippen molar-refractivity contribution in [3.8, 4) is 0 Å². The number of rotatable bonds is 1. The largest absolute Gasteiger partial charge is 0.396 e. The molecule has 2 atom stereocenters. The van der Waals surface area contributed by atoms with Crippen molar-refractivity contribution in [2.45, 2.75) is 32.6 Å². The predicted octanol–water partition coefficient (Wildman–Crippen LogP) is 1.80. The van der Waals surface area contributed by atoms with Gasteiger partial charge in [0.05, 0.1) is 0 Å². The number of aliphatic hydroxyl groups is 1. The average molecular weight is 140 g/mol. The minimum Gasteiger partial charge on any atom is -0.396 e. The Labute approximate surface area is 62.4 Å². The Bertz CT molecular complexity index is 130. The molecule has 2 aliphatic carbocycles. The second-order valence-electron chi connectivity index (χ2n) is 4.16. The summed E-state index contributed by atoms with van der Waals surface area (Å²) < 4.78 is 0. The molecule has 2 rings (SSSR count). The van der Waals surface area contributed by atoms with E-state index in [4.69, 9.17) is 5.11 Å². The maximum atomic E-state index is 9.10. The molecule has 2 fully saturated rings. The first-order chi connectivity index (χ1) is 4.79. The zero-order valence-corrected chi connectivity index (χ0v) is 6.64. The number of fused-ring (bicyclic) bond motifs is 1. The third-order valence-corrected chi connectivity index (χ3v) is 3.69. The molecule has 0 radical (unpaired) electrons. The van der Waals surface area contributed by atoms with E-state index < -0.39 is 0 Å². The fourth-order valence-corrected chi connectivity index (χ4v) is 2.79. The highest BCUT2D eigenvalue weighted by molar-refractivity contribution is 5.08. The molecule has 10 heavy (non-hydrogen) atoms. The van der Waals surface area contributed by atoms with Crippen molar-refractivity contribution in [3.63, 3.8) is 0 Å². The standard InChI is InChI=1S/C9H16O/c1-9(6-10)7-4-2-3-5-8(7)9/h7-8,10H,2-6H2,1H3. The van der Waals surface area contributed by atoms with E-state index in [2.05, 4.69) is 6.92 Å². The van der Waals surface area contributed by atoms with Crippen LogP contribution in [0.1, 0.15) is 32.6 Å². The smallest absolute Gasteiger partial charge is 0.0490 e.